The maximum absolute atomic E-state index is 12.6. The predicted molar refractivity (Wildman–Crippen MR) is 99.6 cm³/mol. The van der Waals surface area contributed by atoms with Gasteiger partial charge in [0.2, 0.25) is 0 Å². The average molecular weight is 351 g/mol. The van der Waals surface area contributed by atoms with Gasteiger partial charge in [0.25, 0.3) is 11.5 Å². The van der Waals surface area contributed by atoms with Crippen LogP contribution in [0.1, 0.15) is 23.2 Å². The first-order valence-electron chi connectivity index (χ1n) is 8.76. The summed E-state index contributed by atoms with van der Waals surface area (Å²) in [6.45, 7) is 1.36. The number of rotatable bonds is 3. The molecule has 4 heterocycles. The molecule has 0 spiro atoms. The van der Waals surface area contributed by atoms with Gasteiger partial charge in [-0.05, 0) is 31.0 Å². The van der Waals surface area contributed by atoms with E-state index in [1.165, 1.54) is 4.57 Å². The highest BCUT2D eigenvalue weighted by molar-refractivity contribution is 5.95. The summed E-state index contributed by atoms with van der Waals surface area (Å²) in [6, 6.07) is 7.72. The molecule has 0 aliphatic carbocycles. The molecule has 0 unspecified atom stereocenters. The Morgan fingerprint density at radius 3 is 3.04 bits per heavy atom. The van der Waals surface area contributed by atoms with Crippen molar-refractivity contribution in [2.24, 2.45) is 7.05 Å². The molecule has 0 aromatic carbocycles. The van der Waals surface area contributed by atoms with Gasteiger partial charge in [0.1, 0.15) is 0 Å². The van der Waals surface area contributed by atoms with Gasteiger partial charge >= 0.3 is 0 Å². The van der Waals surface area contributed by atoms with Crippen molar-refractivity contribution in [3.8, 4) is 0 Å². The van der Waals surface area contributed by atoms with E-state index in [2.05, 4.69) is 10.3 Å². The molecule has 3 aromatic rings. The Balaban J connectivity index is 1.48. The highest BCUT2D eigenvalue weighted by Crippen LogP contribution is 2.16. The van der Waals surface area contributed by atoms with Crippen LogP contribution in [0.15, 0.2) is 53.8 Å². The van der Waals surface area contributed by atoms with Crippen LogP contribution in [0.3, 0.4) is 0 Å². The van der Waals surface area contributed by atoms with Crippen molar-refractivity contribution in [1.82, 2.24) is 19.3 Å². The van der Waals surface area contributed by atoms with E-state index in [9.17, 15) is 9.59 Å². The molecule has 0 radical (unpaired) electrons. The van der Waals surface area contributed by atoms with Gasteiger partial charge in [0.05, 0.1) is 5.56 Å². The van der Waals surface area contributed by atoms with Gasteiger partial charge in [-0.25, -0.2) is 4.98 Å². The number of aryl methyl sites for hydroxylation is 1. The molecule has 3 aromatic heterocycles. The van der Waals surface area contributed by atoms with Crippen LogP contribution < -0.4 is 15.8 Å². The SMILES string of the molecule is Cn1ccnc(N2CCC[C@@H](NC(=O)c3cc4ccccn4c3)C2)c1=O. The molecule has 0 saturated carbocycles. The van der Waals surface area contributed by atoms with Crippen LogP contribution in [0.5, 0.6) is 0 Å². The lowest BCUT2D eigenvalue weighted by atomic mass is 10.1. The largest absolute Gasteiger partial charge is 0.350 e. The van der Waals surface area contributed by atoms with E-state index in [-0.39, 0.29) is 17.5 Å². The normalized spacial score (nSPS) is 17.4. The lowest BCUT2D eigenvalue weighted by Gasteiger charge is -2.33. The number of carbonyl (C=O) groups is 1. The topological polar surface area (TPSA) is 71.6 Å². The minimum atomic E-state index is -0.113. The third-order valence-corrected chi connectivity index (χ3v) is 4.82. The van der Waals surface area contributed by atoms with Gasteiger partial charge < -0.3 is 19.2 Å². The Hall–Kier alpha value is -3.09. The number of amides is 1. The summed E-state index contributed by atoms with van der Waals surface area (Å²) in [5, 5.41) is 3.10. The van der Waals surface area contributed by atoms with E-state index >= 15 is 0 Å². The average Bonchev–Trinajstić information content (AvgIpc) is 3.09. The zero-order chi connectivity index (χ0) is 18.1. The molecule has 26 heavy (non-hydrogen) atoms. The number of nitrogens with zero attached hydrogens (tertiary/aromatic N) is 4. The first-order chi connectivity index (χ1) is 12.6. The second-order valence-electron chi connectivity index (χ2n) is 6.69. The van der Waals surface area contributed by atoms with Crippen LogP contribution in [0.2, 0.25) is 0 Å². The van der Waals surface area contributed by atoms with Gasteiger partial charge in [0, 0.05) is 56.5 Å². The second kappa shape index (κ2) is 6.67. The molecule has 4 rings (SSSR count). The van der Waals surface area contributed by atoms with E-state index in [4.69, 9.17) is 0 Å². The zero-order valence-corrected chi connectivity index (χ0v) is 14.6. The van der Waals surface area contributed by atoms with Crippen molar-refractivity contribution in [3.63, 3.8) is 0 Å². The van der Waals surface area contributed by atoms with Gasteiger partial charge in [0.15, 0.2) is 5.82 Å². The zero-order valence-electron chi connectivity index (χ0n) is 14.6. The summed E-state index contributed by atoms with van der Waals surface area (Å²) in [5.41, 5.74) is 1.51. The number of aromatic nitrogens is 3. The molecule has 134 valence electrons. The van der Waals surface area contributed by atoms with Crippen LogP contribution in [0.4, 0.5) is 5.82 Å². The Morgan fingerprint density at radius 1 is 1.31 bits per heavy atom. The van der Waals surface area contributed by atoms with Crippen molar-refractivity contribution in [2.45, 2.75) is 18.9 Å². The first kappa shape index (κ1) is 16.4. The lowest BCUT2D eigenvalue weighted by molar-refractivity contribution is 0.0933. The van der Waals surface area contributed by atoms with Crippen molar-refractivity contribution in [2.75, 3.05) is 18.0 Å². The highest BCUT2D eigenvalue weighted by atomic mass is 16.2. The summed E-state index contributed by atoms with van der Waals surface area (Å²) >= 11 is 0. The van der Waals surface area contributed by atoms with Crippen molar-refractivity contribution < 1.29 is 4.79 Å². The number of hydrogen-bond acceptors (Lipinski definition) is 4. The molecule has 1 aliphatic rings. The Kier molecular flexibility index (Phi) is 4.20. The van der Waals surface area contributed by atoms with Crippen LogP contribution in [0.25, 0.3) is 5.52 Å². The van der Waals surface area contributed by atoms with Gasteiger partial charge in [-0.2, -0.15) is 0 Å². The molecule has 1 amide bonds. The maximum atomic E-state index is 12.6. The summed E-state index contributed by atoms with van der Waals surface area (Å²) in [5.74, 6) is 0.359. The fourth-order valence-corrected chi connectivity index (χ4v) is 3.44. The fourth-order valence-electron chi connectivity index (χ4n) is 3.44. The number of fused-ring (bicyclic) bond motifs is 1. The molecule has 1 fully saturated rings. The van der Waals surface area contributed by atoms with Crippen LogP contribution in [-0.2, 0) is 7.05 Å². The van der Waals surface area contributed by atoms with Crippen molar-refractivity contribution in [3.05, 3.63) is 65.0 Å². The van der Waals surface area contributed by atoms with E-state index in [1.807, 2.05) is 46.0 Å². The van der Waals surface area contributed by atoms with Crippen LogP contribution in [0, 0.1) is 0 Å². The number of nitrogens with one attached hydrogen (secondary N) is 1. The Bertz CT molecular complexity index is 973. The highest BCUT2D eigenvalue weighted by Gasteiger charge is 2.24. The summed E-state index contributed by atoms with van der Waals surface area (Å²) in [7, 11) is 1.72. The van der Waals surface area contributed by atoms with Crippen molar-refractivity contribution >= 4 is 17.2 Å². The van der Waals surface area contributed by atoms with E-state index in [0.717, 1.165) is 24.9 Å². The van der Waals surface area contributed by atoms with Gasteiger partial charge in [-0.3, -0.25) is 9.59 Å². The molecule has 7 heteroatoms. The monoisotopic (exact) mass is 351 g/mol. The van der Waals surface area contributed by atoms with Crippen LogP contribution in [-0.4, -0.2) is 39.0 Å². The number of piperidine rings is 1. The second-order valence-corrected chi connectivity index (χ2v) is 6.69. The molecule has 1 aliphatic heterocycles. The van der Waals surface area contributed by atoms with E-state index < -0.39 is 0 Å². The number of anilines is 1. The molecular formula is C19H21N5O2. The number of hydrogen-bond donors (Lipinski definition) is 1. The molecule has 1 saturated heterocycles. The predicted octanol–water partition coefficient (Wildman–Crippen LogP) is 1.43. The minimum Gasteiger partial charge on any atom is -0.350 e. The van der Waals surface area contributed by atoms with Crippen LogP contribution >= 0.6 is 0 Å². The molecular weight excluding hydrogens is 330 g/mol. The maximum Gasteiger partial charge on any atom is 0.293 e. The number of pyridine rings is 1. The summed E-state index contributed by atoms with van der Waals surface area (Å²) in [4.78, 5) is 31.1. The third-order valence-electron chi connectivity index (χ3n) is 4.82. The lowest BCUT2D eigenvalue weighted by Crippen LogP contribution is -2.49. The standard InChI is InChI=1S/C19H21N5O2/c1-22-10-7-20-17(19(22)26)24-9-4-5-15(13-24)21-18(25)14-11-16-6-2-3-8-23(16)12-14/h2-3,6-8,10-12,15H,4-5,9,13H2,1H3,(H,21,25)/t15-/m1/s1. The summed E-state index contributed by atoms with van der Waals surface area (Å²) < 4.78 is 3.46. The molecule has 1 atom stereocenters. The van der Waals surface area contributed by atoms with E-state index in [1.54, 1.807) is 19.4 Å². The quantitative estimate of drug-likeness (QED) is 0.775. The number of carbonyl (C=O) groups excluding carboxylic acids is 1. The van der Waals surface area contributed by atoms with E-state index in [0.29, 0.717) is 17.9 Å². The summed E-state index contributed by atoms with van der Waals surface area (Å²) in [6.07, 6.45) is 8.83. The van der Waals surface area contributed by atoms with Crippen molar-refractivity contribution in [1.29, 1.82) is 0 Å². The molecule has 1 N–H and O–H groups in total. The fraction of sp³-hybridized carbons (Fsp3) is 0.316. The van der Waals surface area contributed by atoms with Gasteiger partial charge in [-0.1, -0.05) is 6.07 Å². The smallest absolute Gasteiger partial charge is 0.293 e. The third kappa shape index (κ3) is 3.08. The first-order valence-corrected chi connectivity index (χ1v) is 8.76. The minimum absolute atomic E-state index is 0.00836. The Morgan fingerprint density at radius 2 is 2.19 bits per heavy atom. The molecule has 0 bridgehead atoms. The van der Waals surface area contributed by atoms with Gasteiger partial charge in [-0.15, -0.1) is 0 Å². The molecule has 7 nitrogen and oxygen atoms in total. The Labute approximate surface area is 150 Å².